The van der Waals surface area contributed by atoms with Crippen LogP contribution in [0.15, 0.2) is 78.9 Å². The molecule has 0 bridgehead atoms. The maximum absolute atomic E-state index is 11.3. The Morgan fingerprint density at radius 1 is 0.667 bits per heavy atom. The third-order valence-corrected chi connectivity index (χ3v) is 3.44. The summed E-state index contributed by atoms with van der Waals surface area (Å²) in [5.41, 5.74) is 4.17. The van der Waals surface area contributed by atoms with Crippen molar-refractivity contribution in [2.24, 2.45) is 0 Å². The third-order valence-electron chi connectivity index (χ3n) is 3.44. The molecule has 0 spiro atoms. The standard InChI is InChI=1S/C19H14O2/c20-19(21)18-12-5-4-11-17(18)16-10-6-9-15(13-16)14-7-2-1-3-8-14/h1-13H,(H,20,21). The van der Waals surface area contributed by atoms with E-state index in [4.69, 9.17) is 0 Å². The van der Waals surface area contributed by atoms with E-state index >= 15 is 0 Å². The molecule has 0 aliphatic heterocycles. The van der Waals surface area contributed by atoms with Gasteiger partial charge in [-0.3, -0.25) is 0 Å². The zero-order valence-electron chi connectivity index (χ0n) is 11.4. The number of carboxylic acids is 1. The Morgan fingerprint density at radius 2 is 1.29 bits per heavy atom. The average Bonchev–Trinajstić information content (AvgIpc) is 2.56. The van der Waals surface area contributed by atoms with Crippen molar-refractivity contribution in [3.63, 3.8) is 0 Å². The van der Waals surface area contributed by atoms with Crippen LogP contribution in [0.25, 0.3) is 22.3 Å². The molecule has 0 radical (unpaired) electrons. The van der Waals surface area contributed by atoms with E-state index in [1.54, 1.807) is 12.1 Å². The highest BCUT2D eigenvalue weighted by Crippen LogP contribution is 2.28. The van der Waals surface area contributed by atoms with Crippen LogP contribution in [-0.4, -0.2) is 11.1 Å². The van der Waals surface area contributed by atoms with Crippen molar-refractivity contribution in [2.45, 2.75) is 0 Å². The van der Waals surface area contributed by atoms with Crippen LogP contribution in [0, 0.1) is 0 Å². The number of aromatic carboxylic acids is 1. The second-order valence-corrected chi connectivity index (χ2v) is 4.80. The van der Waals surface area contributed by atoms with Gasteiger partial charge in [-0.25, -0.2) is 4.79 Å². The lowest BCUT2D eigenvalue weighted by atomic mass is 9.96. The molecule has 0 saturated heterocycles. The van der Waals surface area contributed by atoms with Crippen molar-refractivity contribution in [2.75, 3.05) is 0 Å². The van der Waals surface area contributed by atoms with Crippen molar-refractivity contribution >= 4 is 5.97 Å². The van der Waals surface area contributed by atoms with Crippen LogP contribution >= 0.6 is 0 Å². The van der Waals surface area contributed by atoms with E-state index in [9.17, 15) is 9.90 Å². The van der Waals surface area contributed by atoms with Gasteiger partial charge in [0.1, 0.15) is 0 Å². The molecule has 0 saturated carbocycles. The van der Waals surface area contributed by atoms with Crippen LogP contribution in [0.5, 0.6) is 0 Å². The molecular weight excluding hydrogens is 260 g/mol. The molecule has 21 heavy (non-hydrogen) atoms. The summed E-state index contributed by atoms with van der Waals surface area (Å²) in [6.07, 6.45) is 0. The molecule has 0 amide bonds. The van der Waals surface area contributed by atoms with E-state index in [-0.39, 0.29) is 0 Å². The van der Waals surface area contributed by atoms with Gasteiger partial charge < -0.3 is 5.11 Å². The third kappa shape index (κ3) is 2.70. The van der Waals surface area contributed by atoms with Crippen molar-refractivity contribution in [3.05, 3.63) is 84.4 Å². The summed E-state index contributed by atoms with van der Waals surface area (Å²) in [6.45, 7) is 0. The van der Waals surface area contributed by atoms with Gasteiger partial charge in [-0.1, -0.05) is 66.7 Å². The molecule has 0 aliphatic carbocycles. The average molecular weight is 274 g/mol. The van der Waals surface area contributed by atoms with Crippen molar-refractivity contribution in [3.8, 4) is 22.3 Å². The van der Waals surface area contributed by atoms with Gasteiger partial charge in [0.2, 0.25) is 0 Å². The van der Waals surface area contributed by atoms with Crippen LogP contribution in [0.2, 0.25) is 0 Å². The molecule has 2 nitrogen and oxygen atoms in total. The normalized spacial score (nSPS) is 10.3. The topological polar surface area (TPSA) is 37.3 Å². The zero-order valence-corrected chi connectivity index (χ0v) is 11.4. The highest BCUT2D eigenvalue weighted by molar-refractivity contribution is 5.96. The molecule has 0 aliphatic rings. The zero-order chi connectivity index (χ0) is 14.7. The highest BCUT2D eigenvalue weighted by Gasteiger charge is 2.11. The summed E-state index contributed by atoms with van der Waals surface area (Å²) in [6, 6.07) is 25.1. The van der Waals surface area contributed by atoms with Crippen molar-refractivity contribution in [1.82, 2.24) is 0 Å². The van der Waals surface area contributed by atoms with Crippen LogP contribution in [0.4, 0.5) is 0 Å². The lowest BCUT2D eigenvalue weighted by Gasteiger charge is -2.08. The highest BCUT2D eigenvalue weighted by atomic mass is 16.4. The summed E-state index contributed by atoms with van der Waals surface area (Å²) in [5, 5.41) is 9.31. The van der Waals surface area contributed by atoms with E-state index < -0.39 is 5.97 Å². The van der Waals surface area contributed by atoms with Gasteiger partial charge in [0.15, 0.2) is 0 Å². The smallest absolute Gasteiger partial charge is 0.336 e. The largest absolute Gasteiger partial charge is 0.478 e. The first-order valence-corrected chi connectivity index (χ1v) is 6.74. The predicted molar refractivity (Wildman–Crippen MR) is 84.3 cm³/mol. The molecule has 2 heteroatoms. The van der Waals surface area contributed by atoms with Gasteiger partial charge in [0, 0.05) is 0 Å². The molecule has 0 atom stereocenters. The van der Waals surface area contributed by atoms with Gasteiger partial charge in [-0.05, 0) is 34.4 Å². The van der Waals surface area contributed by atoms with Crippen LogP contribution < -0.4 is 0 Å². The summed E-state index contributed by atoms with van der Waals surface area (Å²) < 4.78 is 0. The summed E-state index contributed by atoms with van der Waals surface area (Å²) in [4.78, 5) is 11.3. The maximum Gasteiger partial charge on any atom is 0.336 e. The second kappa shape index (κ2) is 5.63. The molecule has 1 N–H and O–H groups in total. The number of hydrogen-bond acceptors (Lipinski definition) is 1. The van der Waals surface area contributed by atoms with Gasteiger partial charge in [-0.2, -0.15) is 0 Å². The molecule has 102 valence electrons. The minimum absolute atomic E-state index is 0.322. The fraction of sp³-hybridized carbons (Fsp3) is 0. The molecule has 3 aromatic rings. The Hall–Kier alpha value is -2.87. The molecule has 0 unspecified atom stereocenters. The number of hydrogen-bond donors (Lipinski definition) is 1. The summed E-state index contributed by atoms with van der Waals surface area (Å²) in [5.74, 6) is -0.907. The Labute approximate surface area is 123 Å². The van der Waals surface area contributed by atoms with Gasteiger partial charge >= 0.3 is 5.97 Å². The summed E-state index contributed by atoms with van der Waals surface area (Å²) in [7, 11) is 0. The number of carbonyl (C=O) groups is 1. The quantitative estimate of drug-likeness (QED) is 0.750. The van der Waals surface area contributed by atoms with Crippen LogP contribution in [-0.2, 0) is 0 Å². The van der Waals surface area contributed by atoms with Crippen molar-refractivity contribution < 1.29 is 9.90 Å². The fourth-order valence-corrected chi connectivity index (χ4v) is 2.42. The van der Waals surface area contributed by atoms with E-state index in [1.165, 1.54) is 0 Å². The summed E-state index contributed by atoms with van der Waals surface area (Å²) >= 11 is 0. The second-order valence-electron chi connectivity index (χ2n) is 4.80. The molecule has 0 fully saturated rings. The van der Waals surface area contributed by atoms with Gasteiger partial charge in [-0.15, -0.1) is 0 Å². The lowest BCUT2D eigenvalue weighted by Crippen LogP contribution is -1.98. The van der Waals surface area contributed by atoms with E-state index in [1.807, 2.05) is 66.7 Å². The number of rotatable bonds is 3. The van der Waals surface area contributed by atoms with Crippen LogP contribution in [0.1, 0.15) is 10.4 Å². The molecular formula is C19H14O2. The molecule has 0 aromatic heterocycles. The van der Waals surface area contributed by atoms with E-state index in [0.29, 0.717) is 5.56 Å². The monoisotopic (exact) mass is 274 g/mol. The van der Waals surface area contributed by atoms with Crippen LogP contribution in [0.3, 0.4) is 0 Å². The minimum atomic E-state index is -0.907. The lowest BCUT2D eigenvalue weighted by molar-refractivity contribution is 0.0697. The molecule has 3 rings (SSSR count). The molecule has 3 aromatic carbocycles. The fourth-order valence-electron chi connectivity index (χ4n) is 2.42. The van der Waals surface area contributed by atoms with E-state index in [0.717, 1.165) is 22.3 Å². The molecule has 0 heterocycles. The Kier molecular flexibility index (Phi) is 3.52. The van der Waals surface area contributed by atoms with Crippen molar-refractivity contribution in [1.29, 1.82) is 0 Å². The number of benzene rings is 3. The Balaban J connectivity index is 2.11. The van der Waals surface area contributed by atoms with Gasteiger partial charge in [0.05, 0.1) is 5.56 Å². The van der Waals surface area contributed by atoms with Gasteiger partial charge in [0.25, 0.3) is 0 Å². The maximum atomic E-state index is 11.3. The first-order valence-electron chi connectivity index (χ1n) is 6.74. The predicted octanol–water partition coefficient (Wildman–Crippen LogP) is 4.72. The SMILES string of the molecule is O=C(O)c1ccccc1-c1cccc(-c2ccccc2)c1. The first kappa shape index (κ1) is 13.1. The van der Waals surface area contributed by atoms with E-state index in [2.05, 4.69) is 0 Å². The first-order chi connectivity index (χ1) is 10.3. The minimum Gasteiger partial charge on any atom is -0.478 e. The number of carboxylic acid groups (broad SMARTS) is 1. The Bertz CT molecular complexity index is 776. The Morgan fingerprint density at radius 3 is 2.05 bits per heavy atom.